The Bertz CT molecular complexity index is 1070. The van der Waals surface area contributed by atoms with E-state index in [1.807, 2.05) is 26.0 Å². The van der Waals surface area contributed by atoms with Crippen molar-refractivity contribution in [1.29, 1.82) is 0 Å². The smallest absolute Gasteiger partial charge is 0.311 e. The van der Waals surface area contributed by atoms with Gasteiger partial charge in [-0.1, -0.05) is 48.9 Å². The number of rotatable bonds is 6. The van der Waals surface area contributed by atoms with Crippen LogP contribution in [0.3, 0.4) is 0 Å². The topological polar surface area (TPSA) is 72.5 Å². The first-order valence-corrected chi connectivity index (χ1v) is 10.2. The van der Waals surface area contributed by atoms with E-state index in [1.165, 1.54) is 0 Å². The quantitative estimate of drug-likeness (QED) is 0.496. The Labute approximate surface area is 159 Å². The second-order valence-electron chi connectivity index (χ2n) is 6.30. The van der Waals surface area contributed by atoms with Gasteiger partial charge in [0.05, 0.1) is 10.6 Å². The highest BCUT2D eigenvalue weighted by Gasteiger charge is 2.17. The third-order valence-corrected chi connectivity index (χ3v) is 5.52. The minimum Gasteiger partial charge on any atom is -0.426 e. The van der Waals surface area contributed by atoms with Crippen molar-refractivity contribution < 1.29 is 17.9 Å². The molecule has 3 aromatic rings. The Balaban J connectivity index is 1.98. The molecule has 0 radical (unpaired) electrons. The van der Waals surface area contributed by atoms with Gasteiger partial charge in [-0.15, -0.1) is 0 Å². The largest absolute Gasteiger partial charge is 0.426 e. The van der Waals surface area contributed by atoms with E-state index in [4.69, 9.17) is 4.74 Å². The minimum atomic E-state index is -3.72. The number of anilines is 1. The Morgan fingerprint density at radius 1 is 0.963 bits per heavy atom. The first kappa shape index (κ1) is 18.9. The number of hydrogen-bond acceptors (Lipinski definition) is 4. The molecule has 0 aliphatic carbocycles. The van der Waals surface area contributed by atoms with E-state index in [1.54, 1.807) is 48.5 Å². The number of aryl methyl sites for hydroxylation is 1. The van der Waals surface area contributed by atoms with Crippen LogP contribution in [-0.4, -0.2) is 14.4 Å². The highest BCUT2D eigenvalue weighted by atomic mass is 32.2. The van der Waals surface area contributed by atoms with Gasteiger partial charge in [0.15, 0.2) is 0 Å². The van der Waals surface area contributed by atoms with Crippen LogP contribution in [0.15, 0.2) is 65.6 Å². The molecule has 140 valence electrons. The average molecular weight is 383 g/mol. The molecule has 0 aliphatic rings. The number of esters is 1. The fourth-order valence-electron chi connectivity index (χ4n) is 2.75. The zero-order valence-electron chi connectivity index (χ0n) is 15.2. The summed E-state index contributed by atoms with van der Waals surface area (Å²) in [6, 6.07) is 17.1. The number of sulfonamides is 1. The van der Waals surface area contributed by atoms with Crippen LogP contribution in [0.4, 0.5) is 5.69 Å². The zero-order chi connectivity index (χ0) is 19.4. The molecule has 6 heteroatoms. The van der Waals surface area contributed by atoms with Crippen LogP contribution in [-0.2, 0) is 14.8 Å². The van der Waals surface area contributed by atoms with Crippen molar-refractivity contribution in [2.75, 3.05) is 4.72 Å². The molecule has 0 saturated carbocycles. The number of fused-ring (bicyclic) bond motifs is 1. The van der Waals surface area contributed by atoms with E-state index < -0.39 is 10.0 Å². The normalized spacial score (nSPS) is 11.3. The van der Waals surface area contributed by atoms with Crippen molar-refractivity contribution in [2.45, 2.75) is 31.6 Å². The number of ether oxygens (including phenoxy) is 1. The average Bonchev–Trinajstić information content (AvgIpc) is 2.64. The first-order valence-electron chi connectivity index (χ1n) is 8.72. The Morgan fingerprint density at radius 2 is 1.63 bits per heavy atom. The maximum absolute atomic E-state index is 12.7. The van der Waals surface area contributed by atoms with E-state index >= 15 is 0 Å². The molecule has 0 aromatic heterocycles. The van der Waals surface area contributed by atoms with Crippen molar-refractivity contribution in [1.82, 2.24) is 0 Å². The monoisotopic (exact) mass is 383 g/mol. The van der Waals surface area contributed by atoms with E-state index in [0.717, 1.165) is 5.56 Å². The standard InChI is InChI=1S/C21H21NO4S/c1-3-6-21(23)26-20-14-13-19(17-7-4-5-8-18(17)20)22-27(24,25)16-11-9-15(2)10-12-16/h4-5,7-14,22H,3,6H2,1-2H3. The van der Waals surface area contributed by atoms with Crippen LogP contribution in [0, 0.1) is 6.92 Å². The van der Waals surface area contributed by atoms with Crippen molar-refractivity contribution in [3.05, 3.63) is 66.2 Å². The second kappa shape index (κ2) is 7.80. The van der Waals surface area contributed by atoms with Crippen LogP contribution in [0.5, 0.6) is 5.75 Å². The highest BCUT2D eigenvalue weighted by molar-refractivity contribution is 7.92. The fourth-order valence-corrected chi connectivity index (χ4v) is 3.83. The summed E-state index contributed by atoms with van der Waals surface area (Å²) < 4.78 is 33.5. The number of carbonyl (C=O) groups is 1. The SMILES string of the molecule is CCCC(=O)Oc1ccc(NS(=O)(=O)c2ccc(C)cc2)c2ccccc12. The van der Waals surface area contributed by atoms with Crippen LogP contribution in [0.2, 0.25) is 0 Å². The summed E-state index contributed by atoms with van der Waals surface area (Å²) in [5.74, 6) is 0.109. The lowest BCUT2D eigenvalue weighted by Gasteiger charge is -2.13. The van der Waals surface area contributed by atoms with Gasteiger partial charge >= 0.3 is 5.97 Å². The van der Waals surface area contributed by atoms with E-state index in [9.17, 15) is 13.2 Å². The molecule has 0 amide bonds. The fraction of sp³-hybridized carbons (Fsp3) is 0.190. The van der Waals surface area contributed by atoms with Crippen molar-refractivity contribution in [3.63, 3.8) is 0 Å². The molecule has 0 spiro atoms. The van der Waals surface area contributed by atoms with E-state index in [0.29, 0.717) is 35.1 Å². The summed E-state index contributed by atoms with van der Waals surface area (Å²) in [7, 11) is -3.72. The van der Waals surface area contributed by atoms with E-state index in [2.05, 4.69) is 4.72 Å². The molecule has 27 heavy (non-hydrogen) atoms. The van der Waals surface area contributed by atoms with Crippen LogP contribution < -0.4 is 9.46 Å². The summed E-state index contributed by atoms with van der Waals surface area (Å²) in [5, 5.41) is 1.33. The molecule has 0 bridgehead atoms. The van der Waals surface area contributed by atoms with Crippen LogP contribution in [0.1, 0.15) is 25.3 Å². The van der Waals surface area contributed by atoms with Gasteiger partial charge in [0.1, 0.15) is 5.75 Å². The van der Waals surface area contributed by atoms with E-state index in [-0.39, 0.29) is 10.9 Å². The number of benzene rings is 3. The van der Waals surface area contributed by atoms with Gasteiger partial charge in [0, 0.05) is 17.2 Å². The second-order valence-corrected chi connectivity index (χ2v) is 7.98. The van der Waals surface area contributed by atoms with Gasteiger partial charge in [0.25, 0.3) is 10.0 Å². The maximum atomic E-state index is 12.7. The Morgan fingerprint density at radius 3 is 2.30 bits per heavy atom. The number of nitrogens with one attached hydrogen (secondary N) is 1. The minimum absolute atomic E-state index is 0.190. The first-order chi connectivity index (χ1) is 12.9. The van der Waals surface area contributed by atoms with Gasteiger partial charge in [-0.2, -0.15) is 0 Å². The lowest BCUT2D eigenvalue weighted by atomic mass is 10.1. The molecule has 0 atom stereocenters. The van der Waals surface area contributed by atoms with Gasteiger partial charge < -0.3 is 4.74 Å². The predicted octanol–water partition coefficient (Wildman–Crippen LogP) is 4.65. The molecule has 1 N–H and O–H groups in total. The molecule has 3 aromatic carbocycles. The molecular formula is C21H21NO4S. The maximum Gasteiger partial charge on any atom is 0.311 e. The Hall–Kier alpha value is -2.86. The molecule has 0 aliphatic heterocycles. The summed E-state index contributed by atoms with van der Waals surface area (Å²) in [6.07, 6.45) is 1.03. The molecular weight excluding hydrogens is 362 g/mol. The molecule has 0 heterocycles. The molecule has 5 nitrogen and oxygen atoms in total. The van der Waals surface area contributed by atoms with Crippen molar-refractivity contribution >= 4 is 32.5 Å². The van der Waals surface area contributed by atoms with Crippen molar-refractivity contribution in [3.8, 4) is 5.75 Å². The van der Waals surface area contributed by atoms with Crippen LogP contribution in [0.25, 0.3) is 10.8 Å². The number of carbonyl (C=O) groups excluding carboxylic acids is 1. The summed E-state index contributed by atoms with van der Waals surface area (Å²) in [6.45, 7) is 3.80. The molecule has 0 saturated heterocycles. The Kier molecular flexibility index (Phi) is 5.46. The molecule has 0 fully saturated rings. The summed E-state index contributed by atoms with van der Waals surface area (Å²) in [4.78, 5) is 12.0. The molecule has 3 rings (SSSR count). The summed E-state index contributed by atoms with van der Waals surface area (Å²) in [5.41, 5.74) is 1.42. The van der Waals surface area contributed by atoms with Crippen molar-refractivity contribution in [2.24, 2.45) is 0 Å². The zero-order valence-corrected chi connectivity index (χ0v) is 16.0. The number of hydrogen-bond donors (Lipinski definition) is 1. The van der Waals surface area contributed by atoms with Gasteiger partial charge in [0.2, 0.25) is 0 Å². The van der Waals surface area contributed by atoms with Crippen LogP contribution >= 0.6 is 0 Å². The van der Waals surface area contributed by atoms with Gasteiger partial charge in [-0.25, -0.2) is 8.42 Å². The lowest BCUT2D eigenvalue weighted by molar-refractivity contribution is -0.134. The molecule has 0 unspecified atom stereocenters. The summed E-state index contributed by atoms with van der Waals surface area (Å²) >= 11 is 0. The third kappa shape index (κ3) is 4.28. The van der Waals surface area contributed by atoms with Gasteiger partial charge in [-0.3, -0.25) is 9.52 Å². The highest BCUT2D eigenvalue weighted by Crippen LogP contribution is 2.33. The predicted molar refractivity (Wildman–Crippen MR) is 106 cm³/mol. The third-order valence-electron chi connectivity index (χ3n) is 4.14. The lowest BCUT2D eigenvalue weighted by Crippen LogP contribution is -2.13. The van der Waals surface area contributed by atoms with Gasteiger partial charge in [-0.05, 0) is 37.6 Å².